The molecule has 2 aromatic heterocycles. The fraction of sp³-hybridized carbons (Fsp3) is 0.235. The molecule has 124 valence electrons. The third kappa shape index (κ3) is 3.47. The molecule has 1 aromatic carbocycles. The minimum Gasteiger partial charge on any atom is -0.394 e. The maximum absolute atomic E-state index is 12.6. The molecule has 6 nitrogen and oxygen atoms in total. The molecule has 1 unspecified atom stereocenters. The van der Waals surface area contributed by atoms with E-state index in [0.29, 0.717) is 17.5 Å². The van der Waals surface area contributed by atoms with Gasteiger partial charge >= 0.3 is 0 Å². The summed E-state index contributed by atoms with van der Waals surface area (Å²) in [5.74, 6) is -0.337. The van der Waals surface area contributed by atoms with Crippen LogP contribution in [0.4, 0.5) is 0 Å². The second-order valence-corrected chi connectivity index (χ2v) is 6.85. The van der Waals surface area contributed by atoms with Crippen LogP contribution in [0, 0.1) is 0 Å². The van der Waals surface area contributed by atoms with Gasteiger partial charge in [-0.05, 0) is 37.1 Å². The summed E-state index contributed by atoms with van der Waals surface area (Å²) >= 11 is 3.40. The minimum absolute atomic E-state index is 0.184. The van der Waals surface area contributed by atoms with Crippen LogP contribution in [0.5, 0.6) is 0 Å². The highest BCUT2D eigenvalue weighted by atomic mass is 79.9. The van der Waals surface area contributed by atoms with Crippen LogP contribution in [0.3, 0.4) is 0 Å². The fourth-order valence-electron chi connectivity index (χ4n) is 2.58. The van der Waals surface area contributed by atoms with Crippen molar-refractivity contribution < 1.29 is 9.90 Å². The molecule has 7 heteroatoms. The number of aromatic amines is 1. The largest absolute Gasteiger partial charge is 0.394 e. The van der Waals surface area contributed by atoms with Crippen molar-refractivity contribution in [1.29, 1.82) is 0 Å². The Hall–Kier alpha value is -2.25. The number of aromatic nitrogens is 3. The monoisotopic (exact) mass is 388 g/mol. The van der Waals surface area contributed by atoms with Gasteiger partial charge in [-0.1, -0.05) is 28.1 Å². The Morgan fingerprint density at radius 3 is 2.75 bits per heavy atom. The highest BCUT2D eigenvalue weighted by Gasteiger charge is 2.28. The van der Waals surface area contributed by atoms with Gasteiger partial charge in [0, 0.05) is 10.7 Å². The number of carbonyl (C=O) groups excluding carboxylic acids is 1. The van der Waals surface area contributed by atoms with Crippen LogP contribution in [-0.4, -0.2) is 38.1 Å². The molecule has 1 atom stereocenters. The molecule has 0 bridgehead atoms. The molecule has 1 amide bonds. The lowest BCUT2D eigenvalue weighted by atomic mass is 9.93. The molecule has 0 fully saturated rings. The molecular formula is C17H17BrN4O2. The number of amides is 1. The van der Waals surface area contributed by atoms with E-state index in [9.17, 15) is 9.90 Å². The van der Waals surface area contributed by atoms with E-state index in [1.807, 2.05) is 31.2 Å². The maximum atomic E-state index is 12.6. The summed E-state index contributed by atoms with van der Waals surface area (Å²) in [5, 5.41) is 13.4. The highest BCUT2D eigenvalue weighted by Crippen LogP contribution is 2.18. The molecular weight excluding hydrogens is 372 g/mol. The lowest BCUT2D eigenvalue weighted by Gasteiger charge is -2.29. The number of hydrogen-bond acceptors (Lipinski definition) is 4. The molecule has 2 heterocycles. The van der Waals surface area contributed by atoms with Crippen molar-refractivity contribution in [3.63, 3.8) is 0 Å². The summed E-state index contributed by atoms with van der Waals surface area (Å²) in [5.41, 5.74) is 1.12. The number of H-pyrrole nitrogens is 1. The lowest BCUT2D eigenvalue weighted by Crippen LogP contribution is -2.50. The Bertz CT molecular complexity index is 862. The number of carbonyl (C=O) groups is 1. The van der Waals surface area contributed by atoms with Crippen LogP contribution in [0.1, 0.15) is 23.0 Å². The number of aliphatic hydroxyl groups excluding tert-OH is 1. The molecule has 24 heavy (non-hydrogen) atoms. The maximum Gasteiger partial charge on any atom is 0.271 e. The van der Waals surface area contributed by atoms with Gasteiger partial charge < -0.3 is 15.4 Å². The second-order valence-electron chi connectivity index (χ2n) is 5.94. The van der Waals surface area contributed by atoms with Crippen molar-refractivity contribution in [3.8, 4) is 0 Å². The Morgan fingerprint density at radius 2 is 2.04 bits per heavy atom. The van der Waals surface area contributed by atoms with E-state index in [-0.39, 0.29) is 18.2 Å². The zero-order chi connectivity index (χ0) is 17.2. The number of aliphatic hydroxyl groups is 1. The van der Waals surface area contributed by atoms with Gasteiger partial charge in [-0.25, -0.2) is 9.97 Å². The van der Waals surface area contributed by atoms with Gasteiger partial charge in [0.2, 0.25) is 0 Å². The van der Waals surface area contributed by atoms with Crippen molar-refractivity contribution in [1.82, 2.24) is 20.3 Å². The molecule has 0 radical (unpaired) electrons. The Labute approximate surface area is 147 Å². The summed E-state index contributed by atoms with van der Waals surface area (Å²) in [7, 11) is 0. The molecule has 3 N–H and O–H groups in total. The predicted molar refractivity (Wildman–Crippen MR) is 94.7 cm³/mol. The zero-order valence-electron chi connectivity index (χ0n) is 13.1. The van der Waals surface area contributed by atoms with Gasteiger partial charge in [0.25, 0.3) is 5.91 Å². The number of benzene rings is 1. The van der Waals surface area contributed by atoms with Gasteiger partial charge in [0.1, 0.15) is 17.7 Å². The van der Waals surface area contributed by atoms with Crippen LogP contribution in [0.15, 0.2) is 47.3 Å². The van der Waals surface area contributed by atoms with Gasteiger partial charge in [0.15, 0.2) is 0 Å². The van der Waals surface area contributed by atoms with Gasteiger partial charge in [-0.15, -0.1) is 0 Å². The van der Waals surface area contributed by atoms with E-state index >= 15 is 0 Å². The first-order chi connectivity index (χ1) is 11.5. The van der Waals surface area contributed by atoms with E-state index in [1.165, 1.54) is 6.33 Å². The van der Waals surface area contributed by atoms with Crippen molar-refractivity contribution in [2.75, 3.05) is 6.61 Å². The molecule has 3 rings (SSSR count). The number of nitrogens with one attached hydrogen (secondary N) is 2. The summed E-state index contributed by atoms with van der Waals surface area (Å²) < 4.78 is 0.983. The summed E-state index contributed by atoms with van der Waals surface area (Å²) in [6.07, 6.45) is 3.56. The van der Waals surface area contributed by atoms with Crippen LogP contribution in [-0.2, 0) is 6.42 Å². The standard InChI is InChI=1S/C17H17BrN4O2/c1-17(9-23,8-11-2-4-12(18)5-3-11)22-16(24)14-13-6-7-19-15(13)21-10-20-14/h2-7,10,23H,8-9H2,1H3,(H,22,24)(H,19,20,21). The third-order valence-corrected chi connectivity index (χ3v) is 4.37. The summed E-state index contributed by atoms with van der Waals surface area (Å²) in [4.78, 5) is 23.8. The zero-order valence-corrected chi connectivity index (χ0v) is 14.7. The lowest BCUT2D eigenvalue weighted by molar-refractivity contribution is 0.0848. The number of nitrogens with zero attached hydrogens (tertiary/aromatic N) is 2. The van der Waals surface area contributed by atoms with E-state index in [0.717, 1.165) is 10.0 Å². The topological polar surface area (TPSA) is 90.9 Å². The van der Waals surface area contributed by atoms with E-state index in [1.54, 1.807) is 12.3 Å². The number of halogens is 1. The SMILES string of the molecule is CC(CO)(Cc1ccc(Br)cc1)NC(=O)c1ncnc2[nH]ccc12. The van der Waals surface area contributed by atoms with Gasteiger partial charge in [-0.2, -0.15) is 0 Å². The minimum atomic E-state index is -0.793. The van der Waals surface area contributed by atoms with Gasteiger partial charge in [0.05, 0.1) is 17.5 Å². The predicted octanol–water partition coefficient (Wildman–Crippen LogP) is 2.44. The van der Waals surface area contributed by atoms with Crippen molar-refractivity contribution in [2.45, 2.75) is 18.9 Å². The summed E-state index contributed by atoms with van der Waals surface area (Å²) in [6.45, 7) is 1.62. The number of rotatable bonds is 5. The molecule has 0 spiro atoms. The molecule has 0 aliphatic carbocycles. The molecule has 0 saturated heterocycles. The molecule has 0 saturated carbocycles. The highest BCUT2D eigenvalue weighted by molar-refractivity contribution is 9.10. The Morgan fingerprint density at radius 1 is 1.29 bits per heavy atom. The molecule has 3 aromatic rings. The van der Waals surface area contributed by atoms with Gasteiger partial charge in [-0.3, -0.25) is 4.79 Å². The normalized spacial score (nSPS) is 13.6. The first-order valence-corrected chi connectivity index (χ1v) is 8.26. The second kappa shape index (κ2) is 6.70. The Kier molecular flexibility index (Phi) is 4.64. The quantitative estimate of drug-likeness (QED) is 0.625. The van der Waals surface area contributed by atoms with Crippen LogP contribution >= 0.6 is 15.9 Å². The van der Waals surface area contributed by atoms with E-state index in [4.69, 9.17) is 0 Å². The fourth-order valence-corrected chi connectivity index (χ4v) is 2.84. The Balaban J connectivity index is 1.82. The van der Waals surface area contributed by atoms with Crippen LogP contribution in [0.25, 0.3) is 11.0 Å². The average molecular weight is 389 g/mol. The molecule has 0 aliphatic rings. The van der Waals surface area contributed by atoms with Crippen LogP contribution in [0.2, 0.25) is 0 Å². The smallest absolute Gasteiger partial charge is 0.271 e. The van der Waals surface area contributed by atoms with Crippen molar-refractivity contribution >= 4 is 32.9 Å². The van der Waals surface area contributed by atoms with Crippen molar-refractivity contribution in [2.24, 2.45) is 0 Å². The van der Waals surface area contributed by atoms with E-state index in [2.05, 4.69) is 36.2 Å². The summed E-state index contributed by atoms with van der Waals surface area (Å²) in [6, 6.07) is 9.54. The first-order valence-electron chi connectivity index (χ1n) is 7.47. The number of hydrogen-bond donors (Lipinski definition) is 3. The molecule has 0 aliphatic heterocycles. The van der Waals surface area contributed by atoms with E-state index < -0.39 is 5.54 Å². The average Bonchev–Trinajstić information content (AvgIpc) is 3.05. The third-order valence-electron chi connectivity index (χ3n) is 3.84. The van der Waals surface area contributed by atoms with Crippen molar-refractivity contribution in [3.05, 3.63) is 58.6 Å². The first kappa shape index (κ1) is 16.6. The van der Waals surface area contributed by atoms with Crippen LogP contribution < -0.4 is 5.32 Å². The number of fused-ring (bicyclic) bond motifs is 1.